The minimum absolute atomic E-state index is 0.280. The average Bonchev–Trinajstić information content (AvgIpc) is 2.26. The molecule has 0 heterocycles. The van der Waals surface area contributed by atoms with E-state index in [-0.39, 0.29) is 5.91 Å². The molecule has 0 aliphatic heterocycles. The molecule has 0 fully saturated rings. The monoisotopic (exact) mass is 230 g/mol. The third kappa shape index (κ3) is 3.48. The highest BCUT2D eigenvalue weighted by atomic mass is 16.4. The highest BCUT2D eigenvalue weighted by Gasteiger charge is 2.32. The van der Waals surface area contributed by atoms with Crippen LogP contribution in [0.2, 0.25) is 0 Å². The number of rotatable bonds is 6. The second-order valence-corrected chi connectivity index (χ2v) is 4.25. The van der Waals surface area contributed by atoms with Crippen LogP contribution in [0.1, 0.15) is 40.5 Å². The van der Waals surface area contributed by atoms with E-state index >= 15 is 0 Å². The number of nitrogens with one attached hydrogen (secondary N) is 1. The third-order valence-corrected chi connectivity index (χ3v) is 3.21. The molecule has 4 N–H and O–H groups in total. The van der Waals surface area contributed by atoms with E-state index in [2.05, 4.69) is 5.32 Å². The van der Waals surface area contributed by atoms with Crippen LogP contribution in [-0.2, 0) is 9.59 Å². The minimum Gasteiger partial charge on any atom is -0.481 e. The van der Waals surface area contributed by atoms with Gasteiger partial charge in [0.25, 0.3) is 0 Å². The fourth-order valence-corrected chi connectivity index (χ4v) is 1.26. The van der Waals surface area contributed by atoms with Crippen molar-refractivity contribution in [1.29, 1.82) is 0 Å². The Labute approximate surface area is 96.4 Å². The number of hydrogen-bond acceptors (Lipinski definition) is 3. The molecule has 0 spiro atoms. The Balaban J connectivity index is 4.50. The quantitative estimate of drug-likeness (QED) is 0.627. The van der Waals surface area contributed by atoms with E-state index in [1.165, 1.54) is 0 Å². The summed E-state index contributed by atoms with van der Waals surface area (Å²) >= 11 is 0. The molecule has 0 aliphatic carbocycles. The van der Waals surface area contributed by atoms with Crippen molar-refractivity contribution in [3.05, 3.63) is 0 Å². The first kappa shape index (κ1) is 14.9. The molecule has 5 nitrogen and oxygen atoms in total. The van der Waals surface area contributed by atoms with Crippen LogP contribution in [0.25, 0.3) is 0 Å². The molecule has 1 amide bonds. The van der Waals surface area contributed by atoms with Crippen molar-refractivity contribution in [2.75, 3.05) is 0 Å². The molecule has 0 rings (SSSR count). The Morgan fingerprint density at radius 3 is 2.06 bits per heavy atom. The van der Waals surface area contributed by atoms with Crippen molar-refractivity contribution < 1.29 is 14.7 Å². The Morgan fingerprint density at radius 2 is 1.75 bits per heavy atom. The lowest BCUT2D eigenvalue weighted by Gasteiger charge is -2.28. The molecule has 0 bridgehead atoms. The van der Waals surface area contributed by atoms with Crippen molar-refractivity contribution in [3.8, 4) is 0 Å². The maximum absolute atomic E-state index is 11.8. The Morgan fingerprint density at radius 1 is 1.31 bits per heavy atom. The van der Waals surface area contributed by atoms with Crippen molar-refractivity contribution in [2.45, 2.75) is 52.1 Å². The van der Waals surface area contributed by atoms with Gasteiger partial charge in [-0.25, -0.2) is 0 Å². The summed E-state index contributed by atoms with van der Waals surface area (Å²) in [7, 11) is 0. The topological polar surface area (TPSA) is 92.4 Å². The van der Waals surface area contributed by atoms with E-state index < -0.39 is 23.5 Å². The number of aliphatic carboxylic acids is 1. The van der Waals surface area contributed by atoms with E-state index in [0.29, 0.717) is 12.8 Å². The van der Waals surface area contributed by atoms with Gasteiger partial charge in [-0.2, -0.15) is 0 Å². The zero-order chi connectivity index (χ0) is 12.9. The van der Waals surface area contributed by atoms with Crippen LogP contribution in [0.15, 0.2) is 0 Å². The molecule has 0 saturated carbocycles. The second kappa shape index (κ2) is 5.84. The van der Waals surface area contributed by atoms with E-state index in [1.54, 1.807) is 13.8 Å². The van der Waals surface area contributed by atoms with Crippen molar-refractivity contribution in [2.24, 2.45) is 11.7 Å². The number of carboxylic acid groups (broad SMARTS) is 1. The van der Waals surface area contributed by atoms with Gasteiger partial charge in [0.05, 0.1) is 11.5 Å². The molecule has 2 unspecified atom stereocenters. The summed E-state index contributed by atoms with van der Waals surface area (Å²) < 4.78 is 0. The highest BCUT2D eigenvalue weighted by molar-refractivity contribution is 5.86. The van der Waals surface area contributed by atoms with Crippen molar-refractivity contribution in [3.63, 3.8) is 0 Å². The Hall–Kier alpha value is -1.10. The van der Waals surface area contributed by atoms with E-state index in [0.717, 1.165) is 0 Å². The van der Waals surface area contributed by atoms with Gasteiger partial charge in [-0.15, -0.1) is 0 Å². The van der Waals surface area contributed by atoms with E-state index in [4.69, 9.17) is 10.8 Å². The molecule has 94 valence electrons. The van der Waals surface area contributed by atoms with Gasteiger partial charge in [0, 0.05) is 6.04 Å². The zero-order valence-electron chi connectivity index (χ0n) is 10.4. The lowest BCUT2D eigenvalue weighted by molar-refractivity contribution is -0.142. The maximum atomic E-state index is 11.8. The van der Waals surface area contributed by atoms with Gasteiger partial charge in [0.2, 0.25) is 5.91 Å². The standard InChI is InChI=1S/C11H22N2O3/c1-5-11(12,6-2)10(16)13-8(4)7(3)9(14)15/h7-8H,5-6,12H2,1-4H3,(H,13,16)(H,14,15). The number of amides is 1. The molecule has 0 radical (unpaired) electrons. The summed E-state index contributed by atoms with van der Waals surface area (Å²) in [6, 6.07) is -0.425. The number of carboxylic acids is 1. The van der Waals surface area contributed by atoms with E-state index in [9.17, 15) is 9.59 Å². The first-order valence-corrected chi connectivity index (χ1v) is 5.61. The molecule has 2 atom stereocenters. The summed E-state index contributed by atoms with van der Waals surface area (Å²) in [4.78, 5) is 22.6. The molecule has 16 heavy (non-hydrogen) atoms. The van der Waals surface area contributed by atoms with Gasteiger partial charge >= 0.3 is 5.97 Å². The normalized spacial score (nSPS) is 15.3. The SMILES string of the molecule is CCC(N)(CC)C(=O)NC(C)C(C)C(=O)O. The Bertz CT molecular complexity index is 262. The first-order valence-electron chi connectivity index (χ1n) is 5.61. The lowest BCUT2D eigenvalue weighted by atomic mass is 9.92. The van der Waals surface area contributed by atoms with Crippen LogP contribution in [0.4, 0.5) is 0 Å². The minimum atomic E-state index is -0.927. The number of nitrogens with two attached hydrogens (primary N) is 1. The molecular formula is C11H22N2O3. The smallest absolute Gasteiger partial charge is 0.308 e. The van der Waals surface area contributed by atoms with Crippen LogP contribution in [0, 0.1) is 5.92 Å². The van der Waals surface area contributed by atoms with Crippen molar-refractivity contribution in [1.82, 2.24) is 5.32 Å². The maximum Gasteiger partial charge on any atom is 0.308 e. The number of carbonyl (C=O) groups excluding carboxylic acids is 1. The predicted molar refractivity (Wildman–Crippen MR) is 61.9 cm³/mol. The molecular weight excluding hydrogens is 208 g/mol. The van der Waals surface area contributed by atoms with Gasteiger partial charge in [-0.05, 0) is 26.7 Å². The largest absolute Gasteiger partial charge is 0.481 e. The van der Waals surface area contributed by atoms with Crippen LogP contribution < -0.4 is 11.1 Å². The second-order valence-electron chi connectivity index (χ2n) is 4.25. The number of carbonyl (C=O) groups is 2. The average molecular weight is 230 g/mol. The molecule has 5 heteroatoms. The van der Waals surface area contributed by atoms with Gasteiger partial charge in [-0.1, -0.05) is 13.8 Å². The summed E-state index contributed by atoms with van der Waals surface area (Å²) in [5.41, 5.74) is 5.01. The molecule has 0 aliphatic rings. The van der Waals surface area contributed by atoms with Crippen LogP contribution in [0.5, 0.6) is 0 Å². The summed E-state index contributed by atoms with van der Waals surface area (Å²) in [5.74, 6) is -1.83. The Kier molecular flexibility index (Phi) is 5.44. The lowest BCUT2D eigenvalue weighted by Crippen LogP contribution is -2.56. The molecule has 0 aromatic rings. The van der Waals surface area contributed by atoms with Gasteiger partial charge in [-0.3, -0.25) is 9.59 Å². The van der Waals surface area contributed by atoms with Crippen molar-refractivity contribution >= 4 is 11.9 Å². The van der Waals surface area contributed by atoms with Gasteiger partial charge < -0.3 is 16.2 Å². The molecule has 0 saturated heterocycles. The van der Waals surface area contributed by atoms with Gasteiger partial charge in [0.1, 0.15) is 0 Å². The summed E-state index contributed by atoms with van der Waals surface area (Å²) in [5, 5.41) is 11.5. The third-order valence-electron chi connectivity index (χ3n) is 3.21. The van der Waals surface area contributed by atoms with Crippen LogP contribution in [-0.4, -0.2) is 28.6 Å². The fraction of sp³-hybridized carbons (Fsp3) is 0.818. The number of hydrogen-bond donors (Lipinski definition) is 3. The highest BCUT2D eigenvalue weighted by Crippen LogP contribution is 2.12. The van der Waals surface area contributed by atoms with E-state index in [1.807, 2.05) is 13.8 Å². The van der Waals surface area contributed by atoms with Gasteiger partial charge in [0.15, 0.2) is 0 Å². The molecule has 0 aromatic carbocycles. The summed E-state index contributed by atoms with van der Waals surface area (Å²) in [6.45, 7) is 6.91. The molecule has 0 aromatic heterocycles. The fourth-order valence-electron chi connectivity index (χ4n) is 1.26. The van der Waals surface area contributed by atoms with Crippen LogP contribution in [0.3, 0.4) is 0 Å². The first-order chi connectivity index (χ1) is 7.28. The summed E-state index contributed by atoms with van der Waals surface area (Å²) in [6.07, 6.45) is 1.06. The zero-order valence-corrected chi connectivity index (χ0v) is 10.4. The van der Waals surface area contributed by atoms with Crippen LogP contribution >= 0.6 is 0 Å². The predicted octanol–water partition coefficient (Wildman–Crippen LogP) is 0.729.